The molecule has 0 spiro atoms. The molecule has 1 unspecified atom stereocenters. The van der Waals surface area contributed by atoms with E-state index >= 15 is 0 Å². The Morgan fingerprint density at radius 1 is 1.33 bits per heavy atom. The number of nitrogens with zero attached hydrogens (tertiary/aromatic N) is 2. The Morgan fingerprint density at radius 3 is 2.79 bits per heavy atom. The van der Waals surface area contributed by atoms with Gasteiger partial charge in [-0.1, -0.05) is 0 Å². The van der Waals surface area contributed by atoms with E-state index in [1.807, 2.05) is 0 Å². The van der Waals surface area contributed by atoms with Crippen molar-refractivity contribution in [2.24, 2.45) is 0 Å². The van der Waals surface area contributed by atoms with Crippen molar-refractivity contribution in [3.05, 3.63) is 64.2 Å². The summed E-state index contributed by atoms with van der Waals surface area (Å²) in [4.78, 5) is 14.9. The van der Waals surface area contributed by atoms with Gasteiger partial charge in [-0.15, -0.1) is 0 Å². The predicted molar refractivity (Wildman–Crippen MR) is 89.9 cm³/mol. The van der Waals surface area contributed by atoms with Crippen LogP contribution in [0.5, 0.6) is 0 Å². The third-order valence-electron chi connectivity index (χ3n) is 3.84. The van der Waals surface area contributed by atoms with E-state index in [9.17, 15) is 15.2 Å². The van der Waals surface area contributed by atoms with Crippen molar-refractivity contribution in [3.8, 4) is 0 Å². The van der Waals surface area contributed by atoms with Crippen molar-refractivity contribution >= 4 is 22.3 Å². The molecule has 0 amide bonds. The van der Waals surface area contributed by atoms with Gasteiger partial charge in [0.15, 0.2) is 0 Å². The standard InChI is InChI=1S/C17H17N3O4/c1-11-5-8-15(24-11)17(2,21)10-19-13-6-7-14(20(22)23)12-4-3-9-18-16(12)13/h3-9,19,21H,10H2,1-2H3. The molecule has 0 bridgehead atoms. The van der Waals surface area contributed by atoms with Crippen molar-refractivity contribution in [2.75, 3.05) is 11.9 Å². The molecule has 124 valence electrons. The second kappa shape index (κ2) is 5.93. The predicted octanol–water partition coefficient (Wildman–Crippen LogP) is 3.36. The average molecular weight is 327 g/mol. The molecule has 7 heteroatoms. The van der Waals surface area contributed by atoms with E-state index in [1.54, 1.807) is 50.4 Å². The van der Waals surface area contributed by atoms with Crippen LogP contribution in [0.2, 0.25) is 0 Å². The van der Waals surface area contributed by atoms with E-state index in [0.717, 1.165) is 0 Å². The molecule has 0 aliphatic heterocycles. The summed E-state index contributed by atoms with van der Waals surface area (Å²) in [6.07, 6.45) is 1.57. The molecular weight excluding hydrogens is 310 g/mol. The Hall–Kier alpha value is -2.93. The molecule has 2 aromatic heterocycles. The highest BCUT2D eigenvalue weighted by atomic mass is 16.6. The zero-order valence-corrected chi connectivity index (χ0v) is 13.3. The minimum atomic E-state index is -1.23. The number of nitrogens with one attached hydrogen (secondary N) is 1. The zero-order valence-electron chi connectivity index (χ0n) is 13.3. The van der Waals surface area contributed by atoms with Crippen LogP contribution in [0, 0.1) is 17.0 Å². The van der Waals surface area contributed by atoms with Crippen molar-refractivity contribution in [2.45, 2.75) is 19.4 Å². The molecular formula is C17H17N3O4. The second-order valence-corrected chi connectivity index (χ2v) is 5.83. The van der Waals surface area contributed by atoms with Gasteiger partial charge in [0.2, 0.25) is 0 Å². The number of non-ortho nitro benzene ring substituents is 1. The average Bonchev–Trinajstić information content (AvgIpc) is 2.99. The molecule has 24 heavy (non-hydrogen) atoms. The largest absolute Gasteiger partial charge is 0.463 e. The van der Waals surface area contributed by atoms with Gasteiger partial charge in [0.1, 0.15) is 22.6 Å². The number of hydrogen-bond acceptors (Lipinski definition) is 6. The Labute approximate surface area is 138 Å². The molecule has 7 nitrogen and oxygen atoms in total. The van der Waals surface area contributed by atoms with Crippen molar-refractivity contribution in [1.82, 2.24) is 4.98 Å². The number of nitro benzene ring substituents is 1. The number of rotatable bonds is 5. The number of aliphatic hydroxyl groups is 1. The minimum Gasteiger partial charge on any atom is -0.463 e. The van der Waals surface area contributed by atoms with Gasteiger partial charge < -0.3 is 14.8 Å². The first-order chi connectivity index (χ1) is 11.4. The van der Waals surface area contributed by atoms with Gasteiger partial charge in [-0.25, -0.2) is 0 Å². The fourth-order valence-electron chi connectivity index (χ4n) is 2.54. The summed E-state index contributed by atoms with van der Waals surface area (Å²) in [6, 6.07) is 9.84. The molecule has 0 aliphatic carbocycles. The second-order valence-electron chi connectivity index (χ2n) is 5.83. The van der Waals surface area contributed by atoms with Crippen LogP contribution in [0.15, 0.2) is 47.0 Å². The lowest BCUT2D eigenvalue weighted by molar-refractivity contribution is -0.383. The van der Waals surface area contributed by atoms with Crippen LogP contribution < -0.4 is 5.32 Å². The van der Waals surface area contributed by atoms with Crippen LogP contribution in [0.1, 0.15) is 18.4 Å². The number of fused-ring (bicyclic) bond motifs is 1. The summed E-state index contributed by atoms with van der Waals surface area (Å²) in [5.41, 5.74) is -0.133. The maximum atomic E-state index is 11.1. The van der Waals surface area contributed by atoms with Gasteiger partial charge in [0.05, 0.1) is 22.5 Å². The van der Waals surface area contributed by atoms with Gasteiger partial charge >= 0.3 is 0 Å². The topological polar surface area (TPSA) is 101 Å². The summed E-state index contributed by atoms with van der Waals surface area (Å²) < 4.78 is 5.48. The Bertz CT molecular complexity index is 902. The van der Waals surface area contributed by atoms with E-state index in [2.05, 4.69) is 10.3 Å². The highest BCUT2D eigenvalue weighted by Crippen LogP contribution is 2.31. The fourth-order valence-corrected chi connectivity index (χ4v) is 2.54. The molecule has 0 fully saturated rings. The number of nitro groups is 1. The van der Waals surface area contributed by atoms with Gasteiger partial charge in [0, 0.05) is 12.3 Å². The van der Waals surface area contributed by atoms with E-state index in [-0.39, 0.29) is 12.2 Å². The van der Waals surface area contributed by atoms with Crippen LogP contribution in [0.3, 0.4) is 0 Å². The smallest absolute Gasteiger partial charge is 0.278 e. The molecule has 3 rings (SSSR count). The number of furan rings is 1. The Morgan fingerprint density at radius 2 is 2.12 bits per heavy atom. The first-order valence-electron chi connectivity index (χ1n) is 7.44. The Kier molecular flexibility index (Phi) is 3.94. The van der Waals surface area contributed by atoms with Gasteiger partial charge in [-0.2, -0.15) is 0 Å². The van der Waals surface area contributed by atoms with Crippen molar-refractivity contribution in [3.63, 3.8) is 0 Å². The lowest BCUT2D eigenvalue weighted by Gasteiger charge is -2.22. The highest BCUT2D eigenvalue weighted by Gasteiger charge is 2.27. The lowest BCUT2D eigenvalue weighted by Crippen LogP contribution is -2.30. The highest BCUT2D eigenvalue weighted by molar-refractivity contribution is 5.96. The number of benzene rings is 1. The third kappa shape index (κ3) is 2.93. The monoisotopic (exact) mass is 327 g/mol. The molecule has 0 saturated heterocycles. The maximum absolute atomic E-state index is 11.1. The van der Waals surface area contributed by atoms with E-state index < -0.39 is 10.5 Å². The number of hydrogen-bond donors (Lipinski definition) is 2. The molecule has 3 aromatic rings. The summed E-state index contributed by atoms with van der Waals surface area (Å²) in [7, 11) is 0. The van der Waals surface area contributed by atoms with Crippen LogP contribution in [-0.4, -0.2) is 21.6 Å². The van der Waals surface area contributed by atoms with Crippen molar-refractivity contribution < 1.29 is 14.4 Å². The summed E-state index contributed by atoms with van der Waals surface area (Å²) in [6.45, 7) is 3.61. The normalized spacial score (nSPS) is 13.6. The quantitative estimate of drug-likeness (QED) is 0.550. The van der Waals surface area contributed by atoms with Gasteiger partial charge in [-0.05, 0) is 44.2 Å². The summed E-state index contributed by atoms with van der Waals surface area (Å²) >= 11 is 0. The van der Waals surface area contributed by atoms with Crippen molar-refractivity contribution in [1.29, 1.82) is 0 Å². The molecule has 2 N–H and O–H groups in total. The third-order valence-corrected chi connectivity index (χ3v) is 3.84. The van der Waals surface area contributed by atoms with E-state index in [1.165, 1.54) is 6.07 Å². The molecule has 2 heterocycles. The molecule has 0 radical (unpaired) electrons. The number of anilines is 1. The number of aryl methyl sites for hydroxylation is 1. The first kappa shape index (κ1) is 15.9. The van der Waals surface area contributed by atoms with Crippen LogP contribution in [0.4, 0.5) is 11.4 Å². The minimum absolute atomic E-state index is 0.00271. The summed E-state index contributed by atoms with van der Waals surface area (Å²) in [5, 5.41) is 25.3. The van der Waals surface area contributed by atoms with E-state index in [0.29, 0.717) is 28.1 Å². The Balaban J connectivity index is 1.91. The zero-order chi connectivity index (χ0) is 17.3. The van der Waals surface area contributed by atoms with Crippen LogP contribution in [-0.2, 0) is 5.60 Å². The molecule has 1 aromatic carbocycles. The van der Waals surface area contributed by atoms with Gasteiger partial charge in [0.25, 0.3) is 5.69 Å². The first-order valence-corrected chi connectivity index (χ1v) is 7.44. The number of aromatic nitrogens is 1. The van der Waals surface area contributed by atoms with Crippen LogP contribution >= 0.6 is 0 Å². The molecule has 1 atom stereocenters. The maximum Gasteiger partial charge on any atom is 0.278 e. The molecule has 0 aliphatic rings. The van der Waals surface area contributed by atoms with Gasteiger partial charge in [-0.3, -0.25) is 15.1 Å². The SMILES string of the molecule is Cc1ccc(C(C)(O)CNc2ccc([N+](=O)[O-])c3cccnc23)o1. The van der Waals surface area contributed by atoms with E-state index in [4.69, 9.17) is 4.42 Å². The summed E-state index contributed by atoms with van der Waals surface area (Å²) in [5.74, 6) is 1.17. The fraction of sp³-hybridized carbons (Fsp3) is 0.235. The van der Waals surface area contributed by atoms with Crippen LogP contribution in [0.25, 0.3) is 10.9 Å². The lowest BCUT2D eigenvalue weighted by atomic mass is 10.0. The number of pyridine rings is 1. The molecule has 0 saturated carbocycles.